The van der Waals surface area contributed by atoms with E-state index in [1.165, 1.54) is 0 Å². The number of benzene rings is 1. The molecule has 0 spiro atoms. The van der Waals surface area contributed by atoms with Crippen LogP contribution < -0.4 is 0 Å². The molecule has 0 radical (unpaired) electrons. The molecule has 4 nitrogen and oxygen atoms in total. The van der Waals surface area contributed by atoms with Crippen LogP contribution in [0.15, 0.2) is 29.2 Å². The van der Waals surface area contributed by atoms with Gasteiger partial charge in [0.05, 0.1) is 22.4 Å². The lowest BCUT2D eigenvalue weighted by molar-refractivity contribution is 0.000334. The molecule has 0 saturated carbocycles. The summed E-state index contributed by atoms with van der Waals surface area (Å²) >= 11 is 0. The Morgan fingerprint density at radius 2 is 1.91 bits per heavy atom. The average molecular weight is 323 g/mol. The number of aliphatic hydroxyl groups is 1. The minimum Gasteiger partial charge on any atom is -0.388 e. The summed E-state index contributed by atoms with van der Waals surface area (Å²) in [5.41, 5.74) is -0.314. The van der Waals surface area contributed by atoms with Crippen LogP contribution in [0.1, 0.15) is 50.9 Å². The van der Waals surface area contributed by atoms with E-state index in [0.717, 1.165) is 17.7 Å². The van der Waals surface area contributed by atoms with E-state index >= 15 is 0 Å². The van der Waals surface area contributed by atoms with Gasteiger partial charge in [0.15, 0.2) is 0 Å². The fourth-order valence-corrected chi connectivity index (χ4v) is 3.86. The zero-order valence-electron chi connectivity index (χ0n) is 13.7. The Balaban J connectivity index is 2.18. The molecule has 22 heavy (non-hydrogen) atoms. The molecule has 5 heteroatoms. The Bertz CT molecular complexity index is 560. The monoisotopic (exact) mass is 323 g/mol. The Morgan fingerprint density at radius 3 is 2.41 bits per heavy atom. The average Bonchev–Trinajstić information content (AvgIpc) is 2.95. The summed E-state index contributed by atoms with van der Waals surface area (Å²) in [6, 6.07) is 6.84. The Labute approximate surface area is 135 Å². The second-order valence-corrected chi connectivity index (χ2v) is 8.69. The molecule has 0 bridgehead atoms. The van der Waals surface area contributed by atoms with Crippen molar-refractivity contribution in [2.75, 3.05) is 6.54 Å². The molecular weight excluding hydrogens is 298 g/mol. The first-order valence-corrected chi connectivity index (χ1v) is 8.97. The number of rotatable bonds is 4. The molecule has 0 aliphatic carbocycles. The summed E-state index contributed by atoms with van der Waals surface area (Å²) in [6.45, 7) is 7.99. The topological polar surface area (TPSA) is 57.6 Å². The van der Waals surface area contributed by atoms with Gasteiger partial charge in [-0.25, -0.2) is 0 Å². The van der Waals surface area contributed by atoms with Gasteiger partial charge in [0.25, 0.3) is 5.91 Å². The van der Waals surface area contributed by atoms with Gasteiger partial charge in [0, 0.05) is 22.3 Å². The molecule has 2 unspecified atom stereocenters. The fraction of sp³-hybridized carbons (Fsp3) is 0.588. The van der Waals surface area contributed by atoms with E-state index in [1.807, 2.05) is 13.8 Å². The largest absolute Gasteiger partial charge is 0.388 e. The van der Waals surface area contributed by atoms with Crippen molar-refractivity contribution in [1.29, 1.82) is 0 Å². The van der Waals surface area contributed by atoms with Crippen molar-refractivity contribution in [1.82, 2.24) is 4.90 Å². The Kier molecular flexibility index (Phi) is 5.07. The fourth-order valence-electron chi connectivity index (χ4n) is 2.91. The molecule has 1 fully saturated rings. The van der Waals surface area contributed by atoms with Gasteiger partial charge in [0.2, 0.25) is 0 Å². The van der Waals surface area contributed by atoms with Gasteiger partial charge in [-0.05, 0) is 51.0 Å². The van der Waals surface area contributed by atoms with Crippen molar-refractivity contribution in [3.05, 3.63) is 29.8 Å². The highest BCUT2D eigenvalue weighted by Crippen LogP contribution is 2.28. The second kappa shape index (κ2) is 6.50. The first-order chi connectivity index (χ1) is 10.2. The van der Waals surface area contributed by atoms with Crippen molar-refractivity contribution in [3.8, 4) is 0 Å². The van der Waals surface area contributed by atoms with Crippen LogP contribution in [0.25, 0.3) is 0 Å². The van der Waals surface area contributed by atoms with Crippen LogP contribution in [0.5, 0.6) is 0 Å². The first kappa shape index (κ1) is 17.2. The highest BCUT2D eigenvalue weighted by atomic mass is 32.2. The van der Waals surface area contributed by atoms with E-state index in [-0.39, 0.29) is 17.2 Å². The van der Waals surface area contributed by atoms with Crippen LogP contribution in [0, 0.1) is 0 Å². The summed E-state index contributed by atoms with van der Waals surface area (Å²) in [7, 11) is -1.04. The smallest absolute Gasteiger partial charge is 0.254 e. The lowest BCUT2D eigenvalue weighted by Crippen LogP contribution is -2.48. The number of amides is 1. The lowest BCUT2D eigenvalue weighted by Gasteiger charge is -2.33. The predicted molar refractivity (Wildman–Crippen MR) is 88.3 cm³/mol. The van der Waals surface area contributed by atoms with Gasteiger partial charge >= 0.3 is 0 Å². The van der Waals surface area contributed by atoms with Crippen LogP contribution >= 0.6 is 0 Å². The van der Waals surface area contributed by atoms with Gasteiger partial charge in [-0.1, -0.05) is 13.8 Å². The molecule has 1 aliphatic heterocycles. The molecule has 0 aromatic heterocycles. The Morgan fingerprint density at radius 1 is 1.32 bits per heavy atom. The highest BCUT2D eigenvalue weighted by molar-refractivity contribution is 7.85. The number of hydrogen-bond acceptors (Lipinski definition) is 3. The molecule has 122 valence electrons. The molecular formula is C17H25NO3S. The summed E-state index contributed by atoms with van der Waals surface area (Å²) in [6.07, 6.45) is 1.74. The van der Waals surface area contributed by atoms with Crippen molar-refractivity contribution >= 4 is 16.7 Å². The van der Waals surface area contributed by atoms with E-state index in [9.17, 15) is 14.1 Å². The molecule has 1 amide bonds. The zero-order valence-corrected chi connectivity index (χ0v) is 14.5. The zero-order chi connectivity index (χ0) is 16.5. The van der Waals surface area contributed by atoms with Crippen LogP contribution in [0.4, 0.5) is 0 Å². The van der Waals surface area contributed by atoms with E-state index in [2.05, 4.69) is 0 Å². The molecule has 1 heterocycles. The minimum absolute atomic E-state index is 0.0553. The van der Waals surface area contributed by atoms with Crippen molar-refractivity contribution < 1.29 is 14.1 Å². The van der Waals surface area contributed by atoms with Crippen LogP contribution in [-0.4, -0.2) is 43.6 Å². The van der Waals surface area contributed by atoms with E-state index in [1.54, 1.807) is 43.0 Å². The summed E-state index contributed by atoms with van der Waals surface area (Å²) < 4.78 is 12.0. The molecule has 2 rings (SSSR count). The summed E-state index contributed by atoms with van der Waals surface area (Å²) in [5, 5.41) is 10.3. The number of hydrogen-bond donors (Lipinski definition) is 1. The van der Waals surface area contributed by atoms with E-state index in [0.29, 0.717) is 12.1 Å². The van der Waals surface area contributed by atoms with Gasteiger partial charge in [-0.3, -0.25) is 9.00 Å². The number of nitrogens with zero attached hydrogens (tertiary/aromatic N) is 1. The lowest BCUT2D eigenvalue weighted by atomic mass is 9.96. The van der Waals surface area contributed by atoms with Crippen LogP contribution in [0.3, 0.4) is 0 Å². The second-order valence-electron chi connectivity index (χ2n) is 6.68. The summed E-state index contributed by atoms with van der Waals surface area (Å²) in [5.74, 6) is -0.0634. The van der Waals surface area contributed by atoms with Gasteiger partial charge in [-0.15, -0.1) is 0 Å². The maximum Gasteiger partial charge on any atom is 0.254 e. The molecule has 1 N–H and O–H groups in total. The standard InChI is InChI=1S/C17H25NO3S/c1-12(2)22(21)14-9-7-13(8-10-14)16(19)18-11-5-6-15(18)17(3,4)20/h7-10,12,15,20H,5-6,11H2,1-4H3. The normalized spacial score (nSPS) is 20.5. The maximum absolute atomic E-state index is 12.7. The molecule has 2 atom stereocenters. The van der Waals surface area contributed by atoms with Crippen molar-refractivity contribution in [2.45, 2.75) is 62.3 Å². The number of carbonyl (C=O) groups excluding carboxylic acids is 1. The van der Waals surface area contributed by atoms with Gasteiger partial charge in [0.1, 0.15) is 0 Å². The predicted octanol–water partition coefficient (Wildman–Crippen LogP) is 2.58. The van der Waals surface area contributed by atoms with Crippen LogP contribution in [-0.2, 0) is 10.8 Å². The van der Waals surface area contributed by atoms with Gasteiger partial charge in [-0.2, -0.15) is 0 Å². The molecule has 1 saturated heterocycles. The highest BCUT2D eigenvalue weighted by Gasteiger charge is 2.38. The molecule has 1 aromatic rings. The van der Waals surface area contributed by atoms with Gasteiger partial charge < -0.3 is 10.0 Å². The molecule has 1 aromatic carbocycles. The Hall–Kier alpha value is -1.20. The van der Waals surface area contributed by atoms with Crippen molar-refractivity contribution in [2.24, 2.45) is 0 Å². The SMILES string of the molecule is CC(C)S(=O)c1ccc(C(=O)N2CCCC2C(C)(C)O)cc1. The minimum atomic E-state index is -1.04. The van der Waals surface area contributed by atoms with Crippen LogP contribution in [0.2, 0.25) is 0 Å². The number of carbonyl (C=O) groups is 1. The summed E-state index contributed by atoms with van der Waals surface area (Å²) in [4.78, 5) is 15.2. The third-order valence-corrected chi connectivity index (χ3v) is 5.68. The first-order valence-electron chi connectivity index (χ1n) is 7.76. The van der Waals surface area contributed by atoms with E-state index in [4.69, 9.17) is 0 Å². The van der Waals surface area contributed by atoms with E-state index < -0.39 is 16.4 Å². The quantitative estimate of drug-likeness (QED) is 0.926. The van der Waals surface area contributed by atoms with Crippen molar-refractivity contribution in [3.63, 3.8) is 0 Å². The number of likely N-dealkylation sites (tertiary alicyclic amines) is 1. The third kappa shape index (κ3) is 3.58. The maximum atomic E-state index is 12.7. The molecule has 1 aliphatic rings. The third-order valence-electron chi connectivity index (χ3n) is 4.09.